The van der Waals surface area contributed by atoms with Crippen molar-refractivity contribution >= 4 is 27.5 Å². The highest BCUT2D eigenvalue weighted by Gasteiger charge is 2.16. The number of halogens is 3. The predicted octanol–water partition coefficient (Wildman–Crippen LogP) is 3.80. The average Bonchev–Trinajstić information content (AvgIpc) is 2.37. The molecule has 2 rings (SSSR count). The van der Waals surface area contributed by atoms with Gasteiger partial charge in [0.1, 0.15) is 11.6 Å². The van der Waals surface area contributed by atoms with Gasteiger partial charge in [0.05, 0.1) is 11.6 Å². The van der Waals surface area contributed by atoms with Crippen LogP contribution in [0, 0.1) is 11.6 Å². The minimum absolute atomic E-state index is 0.209. The Morgan fingerprint density at radius 2 is 1.95 bits per heavy atom. The Hall–Kier alpha value is -1.95. The van der Waals surface area contributed by atoms with Gasteiger partial charge in [-0.05, 0) is 31.2 Å². The Morgan fingerprint density at radius 3 is 2.57 bits per heavy atom. The van der Waals surface area contributed by atoms with Crippen LogP contribution in [0.3, 0.4) is 0 Å². The zero-order valence-corrected chi connectivity index (χ0v) is 12.7. The molecule has 21 heavy (non-hydrogen) atoms. The van der Waals surface area contributed by atoms with Crippen molar-refractivity contribution in [3.63, 3.8) is 0 Å². The first-order chi connectivity index (χ1) is 9.88. The number of carbonyl (C=O) groups excluding carboxylic acids is 1. The second-order valence-corrected chi connectivity index (χ2v) is 5.51. The van der Waals surface area contributed by atoms with Gasteiger partial charge in [-0.2, -0.15) is 0 Å². The van der Waals surface area contributed by atoms with E-state index < -0.39 is 23.6 Å². The summed E-state index contributed by atoms with van der Waals surface area (Å²) in [6.07, 6.45) is 0. The molecule has 0 heterocycles. The van der Waals surface area contributed by atoms with Crippen LogP contribution in [0.25, 0.3) is 0 Å². The maximum Gasteiger partial charge on any atom is 0.253 e. The lowest BCUT2D eigenvalue weighted by Crippen LogP contribution is -2.28. The van der Waals surface area contributed by atoms with Crippen molar-refractivity contribution < 1.29 is 13.6 Å². The molecular formula is C15H13BrF2N2O. The standard InChI is InChI=1S/C15H13BrF2N2O/c1-8(11-5-3-10(17)7-13(11)18)20-15(21)12-4-2-9(16)6-14(12)19/h2-8H,19H2,1H3,(H,20,21)/t8-/m1/s1. The molecule has 0 saturated carbocycles. The van der Waals surface area contributed by atoms with Crippen molar-refractivity contribution in [2.24, 2.45) is 0 Å². The summed E-state index contributed by atoms with van der Waals surface area (Å²) in [5.74, 6) is -1.78. The van der Waals surface area contributed by atoms with Gasteiger partial charge >= 0.3 is 0 Å². The summed E-state index contributed by atoms with van der Waals surface area (Å²) in [6, 6.07) is 7.50. The van der Waals surface area contributed by atoms with Gasteiger partial charge in [-0.1, -0.05) is 22.0 Å². The summed E-state index contributed by atoms with van der Waals surface area (Å²) < 4.78 is 27.3. The number of carbonyl (C=O) groups is 1. The lowest BCUT2D eigenvalue weighted by molar-refractivity contribution is 0.0940. The van der Waals surface area contributed by atoms with Crippen molar-refractivity contribution in [3.05, 3.63) is 63.6 Å². The van der Waals surface area contributed by atoms with E-state index in [2.05, 4.69) is 21.2 Å². The number of nitrogens with two attached hydrogens (primary N) is 1. The van der Waals surface area contributed by atoms with Gasteiger partial charge in [-0.15, -0.1) is 0 Å². The van der Waals surface area contributed by atoms with Gasteiger partial charge < -0.3 is 11.1 Å². The molecule has 0 spiro atoms. The highest BCUT2D eigenvalue weighted by atomic mass is 79.9. The van der Waals surface area contributed by atoms with E-state index in [0.29, 0.717) is 11.3 Å². The Balaban J connectivity index is 2.18. The third-order valence-electron chi connectivity index (χ3n) is 3.03. The number of hydrogen-bond donors (Lipinski definition) is 2. The van der Waals surface area contributed by atoms with Crippen molar-refractivity contribution in [1.82, 2.24) is 5.32 Å². The minimum Gasteiger partial charge on any atom is -0.398 e. The molecule has 0 aliphatic carbocycles. The van der Waals surface area contributed by atoms with E-state index in [1.165, 1.54) is 6.07 Å². The first-order valence-electron chi connectivity index (χ1n) is 6.19. The molecule has 0 aliphatic heterocycles. The van der Waals surface area contributed by atoms with E-state index in [1.807, 2.05) is 0 Å². The fraction of sp³-hybridized carbons (Fsp3) is 0.133. The molecule has 1 amide bonds. The van der Waals surface area contributed by atoms with Crippen LogP contribution in [0.2, 0.25) is 0 Å². The first kappa shape index (κ1) is 15.4. The minimum atomic E-state index is -0.702. The van der Waals surface area contributed by atoms with Gasteiger partial charge in [0.2, 0.25) is 0 Å². The van der Waals surface area contributed by atoms with Gasteiger partial charge in [0, 0.05) is 21.8 Å². The lowest BCUT2D eigenvalue weighted by Gasteiger charge is -2.16. The predicted molar refractivity (Wildman–Crippen MR) is 80.8 cm³/mol. The lowest BCUT2D eigenvalue weighted by atomic mass is 10.1. The average molecular weight is 355 g/mol. The molecule has 0 radical (unpaired) electrons. The molecule has 0 bridgehead atoms. The molecule has 2 aromatic carbocycles. The Morgan fingerprint density at radius 1 is 1.24 bits per heavy atom. The Bertz CT molecular complexity index is 691. The second kappa shape index (κ2) is 6.22. The number of rotatable bonds is 3. The second-order valence-electron chi connectivity index (χ2n) is 4.59. The van der Waals surface area contributed by atoms with Crippen LogP contribution in [0.4, 0.5) is 14.5 Å². The molecule has 0 saturated heterocycles. The molecule has 0 unspecified atom stereocenters. The van der Waals surface area contributed by atoms with Crippen LogP contribution in [-0.4, -0.2) is 5.91 Å². The number of nitrogens with one attached hydrogen (secondary N) is 1. The van der Waals surface area contributed by atoms with Gasteiger partial charge in [-0.3, -0.25) is 4.79 Å². The third kappa shape index (κ3) is 3.58. The van der Waals surface area contributed by atoms with Crippen molar-refractivity contribution in [3.8, 4) is 0 Å². The maximum absolute atomic E-state index is 13.7. The molecule has 2 aromatic rings. The van der Waals surface area contributed by atoms with Crippen LogP contribution in [0.5, 0.6) is 0 Å². The summed E-state index contributed by atoms with van der Waals surface area (Å²) in [7, 11) is 0. The number of benzene rings is 2. The van der Waals surface area contributed by atoms with Gasteiger partial charge in [0.15, 0.2) is 0 Å². The zero-order chi connectivity index (χ0) is 15.6. The van der Waals surface area contributed by atoms with Crippen molar-refractivity contribution in [2.75, 3.05) is 5.73 Å². The molecule has 0 aliphatic rings. The molecule has 0 fully saturated rings. The highest BCUT2D eigenvalue weighted by Crippen LogP contribution is 2.21. The zero-order valence-electron chi connectivity index (χ0n) is 11.2. The molecule has 0 aromatic heterocycles. The highest BCUT2D eigenvalue weighted by molar-refractivity contribution is 9.10. The molecule has 6 heteroatoms. The SMILES string of the molecule is C[C@@H](NC(=O)c1ccc(Br)cc1N)c1ccc(F)cc1F. The fourth-order valence-corrected chi connectivity index (χ4v) is 2.32. The molecular weight excluding hydrogens is 342 g/mol. The first-order valence-corrected chi connectivity index (χ1v) is 6.98. The van der Waals surface area contributed by atoms with Crippen LogP contribution in [0.1, 0.15) is 28.9 Å². The molecule has 3 N–H and O–H groups in total. The molecule has 1 atom stereocenters. The fourth-order valence-electron chi connectivity index (χ4n) is 1.95. The number of anilines is 1. The van der Waals surface area contributed by atoms with Crippen LogP contribution in [-0.2, 0) is 0 Å². The summed E-state index contributed by atoms with van der Waals surface area (Å²) in [6.45, 7) is 1.61. The summed E-state index contributed by atoms with van der Waals surface area (Å²) >= 11 is 3.25. The Kier molecular flexibility index (Phi) is 4.57. The van der Waals surface area contributed by atoms with E-state index in [0.717, 1.165) is 16.6 Å². The van der Waals surface area contributed by atoms with E-state index in [-0.39, 0.29) is 5.56 Å². The third-order valence-corrected chi connectivity index (χ3v) is 3.53. The number of hydrogen-bond acceptors (Lipinski definition) is 2. The number of amides is 1. The van der Waals surface area contributed by atoms with Gasteiger partial charge in [0.25, 0.3) is 5.91 Å². The van der Waals surface area contributed by atoms with E-state index >= 15 is 0 Å². The van der Waals surface area contributed by atoms with Crippen LogP contribution < -0.4 is 11.1 Å². The monoisotopic (exact) mass is 354 g/mol. The molecule has 3 nitrogen and oxygen atoms in total. The smallest absolute Gasteiger partial charge is 0.253 e. The normalized spacial score (nSPS) is 12.0. The van der Waals surface area contributed by atoms with Gasteiger partial charge in [-0.25, -0.2) is 8.78 Å². The van der Waals surface area contributed by atoms with Crippen LogP contribution >= 0.6 is 15.9 Å². The van der Waals surface area contributed by atoms with E-state index in [9.17, 15) is 13.6 Å². The quantitative estimate of drug-likeness (QED) is 0.823. The summed E-state index contributed by atoms with van der Waals surface area (Å²) in [5, 5.41) is 2.64. The van der Waals surface area contributed by atoms with Crippen molar-refractivity contribution in [1.29, 1.82) is 0 Å². The van der Waals surface area contributed by atoms with Crippen molar-refractivity contribution in [2.45, 2.75) is 13.0 Å². The number of nitrogen functional groups attached to an aromatic ring is 1. The van der Waals surface area contributed by atoms with Crippen LogP contribution in [0.15, 0.2) is 40.9 Å². The largest absolute Gasteiger partial charge is 0.398 e. The Labute approximate surface area is 129 Å². The van der Waals surface area contributed by atoms with E-state index in [4.69, 9.17) is 5.73 Å². The van der Waals surface area contributed by atoms with E-state index in [1.54, 1.807) is 25.1 Å². The summed E-state index contributed by atoms with van der Waals surface area (Å²) in [5.41, 5.74) is 6.59. The summed E-state index contributed by atoms with van der Waals surface area (Å²) in [4.78, 5) is 12.1. The maximum atomic E-state index is 13.7. The topological polar surface area (TPSA) is 55.1 Å². The molecule has 110 valence electrons.